The smallest absolute Gasteiger partial charge is 0.254 e. The molecule has 2 N–H and O–H groups in total. The Hall–Kier alpha value is -1.81. The number of carbonyl (C=O) groups is 1. The first-order chi connectivity index (χ1) is 10.3. The van der Waals surface area contributed by atoms with Crippen molar-refractivity contribution in [3.8, 4) is 0 Å². The maximum atomic E-state index is 12.9. The van der Waals surface area contributed by atoms with Gasteiger partial charge in [0.25, 0.3) is 5.91 Å². The van der Waals surface area contributed by atoms with Gasteiger partial charge in [0, 0.05) is 35.2 Å². The minimum atomic E-state index is 0.173. The third-order valence-electron chi connectivity index (χ3n) is 4.28. The molecule has 1 aromatic heterocycles. The average Bonchev–Trinajstić information content (AvgIpc) is 3.00. The standard InChI is InChI=1S/C17H23N3O/c1-2-11-20(15-6-8-18-9-7-15)17(21)14-3-4-16-13(12-14)5-10-19-16/h3-5,10,12,15,18-19H,2,6-9,11H2,1H3. The van der Waals surface area contributed by atoms with Crippen molar-refractivity contribution in [2.24, 2.45) is 0 Å². The van der Waals surface area contributed by atoms with Crippen LogP contribution in [0.5, 0.6) is 0 Å². The number of hydrogen-bond acceptors (Lipinski definition) is 2. The molecule has 0 spiro atoms. The van der Waals surface area contributed by atoms with Gasteiger partial charge in [-0.25, -0.2) is 0 Å². The molecule has 1 saturated heterocycles. The quantitative estimate of drug-likeness (QED) is 0.907. The monoisotopic (exact) mass is 285 g/mol. The molecule has 2 heterocycles. The minimum absolute atomic E-state index is 0.173. The van der Waals surface area contributed by atoms with Crippen molar-refractivity contribution in [3.05, 3.63) is 36.0 Å². The van der Waals surface area contributed by atoms with E-state index in [-0.39, 0.29) is 5.91 Å². The van der Waals surface area contributed by atoms with Crippen molar-refractivity contribution >= 4 is 16.8 Å². The summed E-state index contributed by atoms with van der Waals surface area (Å²) in [4.78, 5) is 18.1. The van der Waals surface area contributed by atoms with E-state index in [0.29, 0.717) is 6.04 Å². The van der Waals surface area contributed by atoms with Crippen LogP contribution in [0.3, 0.4) is 0 Å². The molecule has 4 heteroatoms. The number of aromatic nitrogens is 1. The Labute approximate surface area is 125 Å². The Morgan fingerprint density at radius 1 is 1.29 bits per heavy atom. The minimum Gasteiger partial charge on any atom is -0.361 e. The van der Waals surface area contributed by atoms with Gasteiger partial charge in [0.2, 0.25) is 0 Å². The molecule has 21 heavy (non-hydrogen) atoms. The lowest BCUT2D eigenvalue weighted by molar-refractivity contribution is 0.0643. The molecule has 0 atom stereocenters. The van der Waals surface area contributed by atoms with Crippen LogP contribution in [0.25, 0.3) is 10.9 Å². The number of nitrogens with zero attached hydrogens (tertiary/aromatic N) is 1. The summed E-state index contributed by atoms with van der Waals surface area (Å²) in [5.74, 6) is 0.173. The van der Waals surface area contributed by atoms with Crippen molar-refractivity contribution in [1.82, 2.24) is 15.2 Å². The number of hydrogen-bond donors (Lipinski definition) is 2. The molecule has 3 rings (SSSR count). The first-order valence-corrected chi connectivity index (χ1v) is 7.88. The van der Waals surface area contributed by atoms with Crippen LogP contribution in [0.4, 0.5) is 0 Å². The van der Waals surface area contributed by atoms with Crippen LogP contribution in [-0.4, -0.2) is 41.5 Å². The largest absolute Gasteiger partial charge is 0.361 e. The van der Waals surface area contributed by atoms with Crippen LogP contribution >= 0.6 is 0 Å². The van der Waals surface area contributed by atoms with Crippen molar-refractivity contribution in [2.75, 3.05) is 19.6 Å². The van der Waals surface area contributed by atoms with Crippen LogP contribution in [0, 0.1) is 0 Å². The Bertz CT molecular complexity index is 613. The summed E-state index contributed by atoms with van der Waals surface area (Å²) in [5.41, 5.74) is 1.88. The number of amides is 1. The Morgan fingerprint density at radius 2 is 2.10 bits per heavy atom. The summed E-state index contributed by atoms with van der Waals surface area (Å²) in [6.07, 6.45) is 5.02. The van der Waals surface area contributed by atoms with Crippen LogP contribution in [0.2, 0.25) is 0 Å². The molecule has 0 aliphatic carbocycles. The predicted molar refractivity (Wildman–Crippen MR) is 85.5 cm³/mol. The lowest BCUT2D eigenvalue weighted by Crippen LogP contribution is -2.46. The second kappa shape index (κ2) is 6.31. The highest BCUT2D eigenvalue weighted by molar-refractivity contribution is 5.98. The second-order valence-corrected chi connectivity index (χ2v) is 5.76. The number of H-pyrrole nitrogens is 1. The molecule has 4 nitrogen and oxygen atoms in total. The van der Waals surface area contributed by atoms with Crippen LogP contribution < -0.4 is 5.32 Å². The molecule has 112 valence electrons. The number of piperidine rings is 1. The fourth-order valence-electron chi connectivity index (χ4n) is 3.16. The van der Waals surface area contributed by atoms with Gasteiger partial charge < -0.3 is 15.2 Å². The molecular formula is C17H23N3O. The Kier molecular flexibility index (Phi) is 4.25. The zero-order valence-corrected chi connectivity index (χ0v) is 12.6. The van der Waals surface area contributed by atoms with Gasteiger partial charge >= 0.3 is 0 Å². The highest BCUT2D eigenvalue weighted by atomic mass is 16.2. The summed E-state index contributed by atoms with van der Waals surface area (Å²) >= 11 is 0. The maximum absolute atomic E-state index is 12.9. The fourth-order valence-corrected chi connectivity index (χ4v) is 3.16. The van der Waals surface area contributed by atoms with Crippen molar-refractivity contribution in [3.63, 3.8) is 0 Å². The van der Waals surface area contributed by atoms with E-state index >= 15 is 0 Å². The van der Waals surface area contributed by atoms with Gasteiger partial charge in [-0.15, -0.1) is 0 Å². The Morgan fingerprint density at radius 3 is 2.86 bits per heavy atom. The highest BCUT2D eigenvalue weighted by Crippen LogP contribution is 2.19. The van der Waals surface area contributed by atoms with Gasteiger partial charge in [0.05, 0.1) is 0 Å². The van der Waals surface area contributed by atoms with E-state index in [1.807, 2.05) is 30.5 Å². The Balaban J connectivity index is 1.84. The highest BCUT2D eigenvalue weighted by Gasteiger charge is 2.25. The van der Waals surface area contributed by atoms with Gasteiger partial charge in [-0.3, -0.25) is 4.79 Å². The lowest BCUT2D eigenvalue weighted by atomic mass is 10.0. The van der Waals surface area contributed by atoms with E-state index in [4.69, 9.17) is 0 Å². The van der Waals surface area contributed by atoms with Crippen molar-refractivity contribution < 1.29 is 4.79 Å². The SMILES string of the molecule is CCCN(C(=O)c1ccc2[nH]ccc2c1)C1CCNCC1. The van der Waals surface area contributed by atoms with Gasteiger partial charge in [-0.2, -0.15) is 0 Å². The summed E-state index contributed by atoms with van der Waals surface area (Å²) in [5, 5.41) is 4.47. The van der Waals surface area contributed by atoms with Gasteiger partial charge in [-0.05, 0) is 56.6 Å². The third-order valence-corrected chi connectivity index (χ3v) is 4.28. The molecule has 1 aliphatic rings. The number of aromatic amines is 1. The summed E-state index contributed by atoms with van der Waals surface area (Å²) in [7, 11) is 0. The average molecular weight is 285 g/mol. The molecule has 0 unspecified atom stereocenters. The number of benzene rings is 1. The molecule has 1 fully saturated rings. The van der Waals surface area contributed by atoms with Crippen LogP contribution in [-0.2, 0) is 0 Å². The van der Waals surface area contributed by atoms with E-state index in [1.54, 1.807) is 0 Å². The van der Waals surface area contributed by atoms with Crippen LogP contribution in [0.15, 0.2) is 30.5 Å². The van der Waals surface area contributed by atoms with Crippen molar-refractivity contribution in [1.29, 1.82) is 0 Å². The molecule has 0 radical (unpaired) electrons. The summed E-state index contributed by atoms with van der Waals surface area (Å²) in [6.45, 7) is 5.00. The fraction of sp³-hybridized carbons (Fsp3) is 0.471. The summed E-state index contributed by atoms with van der Waals surface area (Å²) < 4.78 is 0. The molecule has 1 aromatic carbocycles. The van der Waals surface area contributed by atoms with E-state index in [0.717, 1.165) is 55.4 Å². The van der Waals surface area contributed by atoms with E-state index in [2.05, 4.69) is 22.1 Å². The second-order valence-electron chi connectivity index (χ2n) is 5.76. The number of fused-ring (bicyclic) bond motifs is 1. The normalized spacial score (nSPS) is 16.2. The summed E-state index contributed by atoms with van der Waals surface area (Å²) in [6, 6.07) is 8.32. The lowest BCUT2D eigenvalue weighted by Gasteiger charge is -2.34. The molecule has 0 bridgehead atoms. The van der Waals surface area contributed by atoms with E-state index < -0.39 is 0 Å². The first-order valence-electron chi connectivity index (χ1n) is 7.88. The maximum Gasteiger partial charge on any atom is 0.254 e. The van der Waals surface area contributed by atoms with E-state index in [1.165, 1.54) is 0 Å². The molecular weight excluding hydrogens is 262 g/mol. The molecule has 0 saturated carbocycles. The van der Waals surface area contributed by atoms with Gasteiger partial charge in [-0.1, -0.05) is 6.92 Å². The van der Waals surface area contributed by atoms with E-state index in [9.17, 15) is 4.79 Å². The van der Waals surface area contributed by atoms with Crippen LogP contribution in [0.1, 0.15) is 36.5 Å². The molecule has 2 aromatic rings. The zero-order valence-electron chi connectivity index (χ0n) is 12.6. The third kappa shape index (κ3) is 2.95. The zero-order chi connectivity index (χ0) is 14.7. The topological polar surface area (TPSA) is 48.1 Å². The number of rotatable bonds is 4. The number of carbonyl (C=O) groups excluding carboxylic acids is 1. The van der Waals surface area contributed by atoms with Gasteiger partial charge in [0.15, 0.2) is 0 Å². The molecule has 1 amide bonds. The predicted octanol–water partition coefficient (Wildman–Crippen LogP) is 2.77. The van der Waals surface area contributed by atoms with Crippen molar-refractivity contribution in [2.45, 2.75) is 32.2 Å². The molecule has 1 aliphatic heterocycles. The van der Waals surface area contributed by atoms with Gasteiger partial charge in [0.1, 0.15) is 0 Å². The number of nitrogens with one attached hydrogen (secondary N) is 2. The first kappa shape index (κ1) is 14.1.